The van der Waals surface area contributed by atoms with Gasteiger partial charge in [-0.3, -0.25) is 4.79 Å². The molecule has 38 heavy (non-hydrogen) atoms. The van der Waals surface area contributed by atoms with Crippen molar-refractivity contribution in [3.05, 3.63) is 86.6 Å². The molecule has 0 fully saturated rings. The van der Waals surface area contributed by atoms with Crippen LogP contribution in [0.5, 0.6) is 0 Å². The number of benzene rings is 2. The molecule has 0 unspecified atom stereocenters. The molecule has 6 nitrogen and oxygen atoms in total. The molecule has 0 radical (unpaired) electrons. The van der Waals surface area contributed by atoms with Gasteiger partial charge in [0.2, 0.25) is 15.9 Å². The highest BCUT2D eigenvalue weighted by atomic mass is 35.5. The SMILES string of the molecule is COCCCN(CC(=O)N1CCc2sccc2[C@@H]1c1ccc(Cl)cc1)S(=O)(=O)c1ccc(C(C)(C)C)cc1. The zero-order chi connectivity index (χ0) is 27.5. The molecular weight excluding hydrogens is 540 g/mol. The second-order valence-electron chi connectivity index (χ2n) is 10.5. The summed E-state index contributed by atoms with van der Waals surface area (Å²) >= 11 is 7.83. The number of hydrogen-bond acceptors (Lipinski definition) is 5. The molecular formula is C29H35ClN2O4S2. The van der Waals surface area contributed by atoms with Crippen LogP contribution in [-0.4, -0.2) is 56.9 Å². The molecule has 1 aromatic heterocycles. The number of sulfonamides is 1. The van der Waals surface area contributed by atoms with Crippen LogP contribution in [0.15, 0.2) is 64.9 Å². The van der Waals surface area contributed by atoms with E-state index in [1.54, 1.807) is 35.5 Å². The second kappa shape index (κ2) is 11.9. The second-order valence-corrected chi connectivity index (χ2v) is 13.9. The standard InChI is InChI=1S/C29H35ClN2O4S2/c1-29(2,3)22-8-12-24(13-9-22)38(34,35)31(16-5-18-36-4)20-27(33)32-17-14-26-25(15-19-37-26)28(32)21-6-10-23(30)11-7-21/h6-13,15,19,28H,5,14,16-18,20H2,1-4H3/t28-/m0/s1. The maximum Gasteiger partial charge on any atom is 0.243 e. The number of methoxy groups -OCH3 is 1. The van der Waals surface area contributed by atoms with Crippen molar-refractivity contribution >= 4 is 38.9 Å². The van der Waals surface area contributed by atoms with Gasteiger partial charge in [-0.25, -0.2) is 8.42 Å². The molecule has 0 bridgehead atoms. The highest BCUT2D eigenvalue weighted by Crippen LogP contribution is 2.38. The third kappa shape index (κ3) is 6.32. The summed E-state index contributed by atoms with van der Waals surface area (Å²) in [4.78, 5) is 17.1. The van der Waals surface area contributed by atoms with E-state index in [2.05, 4.69) is 26.8 Å². The van der Waals surface area contributed by atoms with Crippen molar-refractivity contribution in [3.8, 4) is 0 Å². The fourth-order valence-corrected chi connectivity index (χ4v) is 7.23. The van der Waals surface area contributed by atoms with Crippen molar-refractivity contribution in [2.75, 3.05) is 33.4 Å². The summed E-state index contributed by atoms with van der Waals surface area (Å²) in [7, 11) is -2.32. The van der Waals surface area contributed by atoms with E-state index in [4.69, 9.17) is 16.3 Å². The van der Waals surface area contributed by atoms with E-state index in [9.17, 15) is 13.2 Å². The zero-order valence-corrected chi connectivity index (χ0v) is 24.7. The Morgan fingerprint density at radius 1 is 1.11 bits per heavy atom. The number of amides is 1. The van der Waals surface area contributed by atoms with E-state index in [0.29, 0.717) is 24.6 Å². The van der Waals surface area contributed by atoms with Gasteiger partial charge >= 0.3 is 0 Å². The lowest BCUT2D eigenvalue weighted by Crippen LogP contribution is -2.47. The Kier molecular flexibility index (Phi) is 9.00. The van der Waals surface area contributed by atoms with Gasteiger partial charge in [0, 0.05) is 36.7 Å². The number of carbonyl (C=O) groups is 1. The van der Waals surface area contributed by atoms with Crippen LogP contribution in [0.25, 0.3) is 0 Å². The lowest BCUT2D eigenvalue weighted by atomic mass is 9.87. The molecule has 1 atom stereocenters. The predicted molar refractivity (Wildman–Crippen MR) is 153 cm³/mol. The lowest BCUT2D eigenvalue weighted by Gasteiger charge is -2.37. The smallest absolute Gasteiger partial charge is 0.243 e. The molecule has 9 heteroatoms. The number of thiophene rings is 1. The molecule has 2 aromatic carbocycles. The molecule has 1 aliphatic rings. The largest absolute Gasteiger partial charge is 0.385 e. The Bertz CT molecular complexity index is 1350. The van der Waals surface area contributed by atoms with Crippen LogP contribution in [0.3, 0.4) is 0 Å². The molecule has 0 saturated carbocycles. The van der Waals surface area contributed by atoms with Crippen LogP contribution in [0.4, 0.5) is 0 Å². The van der Waals surface area contributed by atoms with Gasteiger partial charge in [-0.15, -0.1) is 11.3 Å². The Labute approximate surface area is 235 Å². The number of carbonyl (C=O) groups excluding carboxylic acids is 1. The summed E-state index contributed by atoms with van der Waals surface area (Å²) in [5.74, 6) is -0.228. The highest BCUT2D eigenvalue weighted by Gasteiger charge is 2.35. The van der Waals surface area contributed by atoms with E-state index >= 15 is 0 Å². The van der Waals surface area contributed by atoms with Crippen LogP contribution in [0.1, 0.15) is 54.8 Å². The van der Waals surface area contributed by atoms with E-state index < -0.39 is 10.0 Å². The number of rotatable bonds is 9. The minimum absolute atomic E-state index is 0.0954. The van der Waals surface area contributed by atoms with Gasteiger partial charge in [0.15, 0.2) is 0 Å². The molecule has 0 spiro atoms. The predicted octanol–water partition coefficient (Wildman–Crippen LogP) is 5.90. The number of ether oxygens (including phenoxy) is 1. The fraction of sp³-hybridized carbons (Fsp3) is 0.414. The summed E-state index contributed by atoms with van der Waals surface area (Å²) in [5.41, 5.74) is 2.99. The highest BCUT2D eigenvalue weighted by molar-refractivity contribution is 7.89. The number of nitrogens with zero attached hydrogens (tertiary/aromatic N) is 2. The van der Waals surface area contributed by atoms with Crippen LogP contribution < -0.4 is 0 Å². The van der Waals surface area contributed by atoms with Crippen molar-refractivity contribution in [1.29, 1.82) is 0 Å². The Balaban J connectivity index is 1.63. The summed E-state index contributed by atoms with van der Waals surface area (Å²) < 4.78 is 34.0. The van der Waals surface area contributed by atoms with Gasteiger partial charge in [0.25, 0.3) is 0 Å². The average Bonchev–Trinajstić information content (AvgIpc) is 3.37. The summed E-state index contributed by atoms with van der Waals surface area (Å²) in [6, 6.07) is 16.3. The van der Waals surface area contributed by atoms with E-state index in [0.717, 1.165) is 23.1 Å². The van der Waals surface area contributed by atoms with Crippen LogP contribution in [0, 0.1) is 0 Å². The first-order chi connectivity index (χ1) is 18.0. The monoisotopic (exact) mass is 574 g/mol. The number of hydrogen-bond donors (Lipinski definition) is 0. The zero-order valence-electron chi connectivity index (χ0n) is 22.3. The maximum atomic E-state index is 13.9. The topological polar surface area (TPSA) is 66.9 Å². The van der Waals surface area contributed by atoms with Gasteiger partial charge < -0.3 is 9.64 Å². The number of fused-ring (bicyclic) bond motifs is 1. The van der Waals surface area contributed by atoms with Gasteiger partial charge in [0.1, 0.15) is 0 Å². The van der Waals surface area contributed by atoms with E-state index in [1.807, 2.05) is 41.8 Å². The van der Waals surface area contributed by atoms with Crippen molar-refractivity contribution in [2.24, 2.45) is 0 Å². The Hall–Kier alpha value is -2.23. The van der Waals surface area contributed by atoms with Crippen LogP contribution >= 0.6 is 22.9 Å². The Morgan fingerprint density at radius 3 is 2.42 bits per heavy atom. The minimum atomic E-state index is -3.90. The molecule has 4 rings (SSSR count). The molecule has 3 aromatic rings. The molecule has 0 aliphatic carbocycles. The van der Waals surface area contributed by atoms with E-state index in [1.165, 1.54) is 9.18 Å². The molecule has 2 heterocycles. The van der Waals surface area contributed by atoms with E-state index in [-0.39, 0.29) is 35.3 Å². The Morgan fingerprint density at radius 2 is 1.79 bits per heavy atom. The van der Waals surface area contributed by atoms with Crippen molar-refractivity contribution in [2.45, 2.75) is 50.0 Å². The molecule has 1 amide bonds. The van der Waals surface area contributed by atoms with Gasteiger partial charge in [-0.2, -0.15) is 4.31 Å². The fourth-order valence-electron chi connectivity index (χ4n) is 4.78. The van der Waals surface area contributed by atoms with Gasteiger partial charge in [-0.05, 0) is 70.7 Å². The maximum absolute atomic E-state index is 13.9. The van der Waals surface area contributed by atoms with Crippen molar-refractivity contribution in [1.82, 2.24) is 9.21 Å². The molecule has 1 aliphatic heterocycles. The summed E-state index contributed by atoms with van der Waals surface area (Å²) in [6.45, 7) is 7.12. The molecule has 204 valence electrons. The third-order valence-electron chi connectivity index (χ3n) is 6.90. The van der Waals surface area contributed by atoms with Crippen LogP contribution in [-0.2, 0) is 31.4 Å². The lowest BCUT2D eigenvalue weighted by molar-refractivity contribution is -0.133. The normalized spacial score (nSPS) is 16.1. The minimum Gasteiger partial charge on any atom is -0.385 e. The van der Waals surface area contributed by atoms with Crippen LogP contribution in [0.2, 0.25) is 5.02 Å². The number of halogens is 1. The first kappa shape index (κ1) is 28.8. The first-order valence-corrected chi connectivity index (χ1v) is 15.4. The summed E-state index contributed by atoms with van der Waals surface area (Å²) in [5, 5.41) is 2.67. The van der Waals surface area contributed by atoms with Crippen molar-refractivity contribution in [3.63, 3.8) is 0 Å². The molecule has 0 saturated heterocycles. The average molecular weight is 575 g/mol. The summed E-state index contributed by atoms with van der Waals surface area (Å²) in [6.07, 6.45) is 1.23. The quantitative estimate of drug-likeness (QED) is 0.298. The van der Waals surface area contributed by atoms with Gasteiger partial charge in [-0.1, -0.05) is 56.6 Å². The van der Waals surface area contributed by atoms with Gasteiger partial charge in [0.05, 0.1) is 17.5 Å². The third-order valence-corrected chi connectivity index (χ3v) is 10.0. The molecule has 0 N–H and O–H groups in total. The van der Waals surface area contributed by atoms with Crippen molar-refractivity contribution < 1.29 is 17.9 Å². The first-order valence-electron chi connectivity index (χ1n) is 12.7.